The summed E-state index contributed by atoms with van der Waals surface area (Å²) in [5, 5.41) is 1.02. The Morgan fingerprint density at radius 3 is 2.90 bits per heavy atom. The number of carbonyl (C=O) groups is 1. The van der Waals surface area contributed by atoms with Crippen LogP contribution >= 0.6 is 11.3 Å². The molecule has 2 aromatic heterocycles. The Labute approximate surface area is 128 Å². The van der Waals surface area contributed by atoms with Crippen molar-refractivity contribution in [3.63, 3.8) is 0 Å². The Balaban J connectivity index is 1.95. The second kappa shape index (κ2) is 5.97. The van der Waals surface area contributed by atoms with E-state index in [1.165, 1.54) is 40.9 Å². The molecule has 0 spiro atoms. The predicted octanol–water partition coefficient (Wildman–Crippen LogP) is 2.43. The third-order valence-corrected chi connectivity index (χ3v) is 5.00. The van der Waals surface area contributed by atoms with Crippen LogP contribution in [0.1, 0.15) is 29.7 Å². The maximum Gasteiger partial charge on any atom is 0.260 e. The number of amides is 1. The smallest absolute Gasteiger partial charge is 0.260 e. The number of aromatic nitrogens is 2. The molecule has 2 heterocycles. The second-order valence-corrected chi connectivity index (χ2v) is 6.58. The fourth-order valence-electron chi connectivity index (χ4n) is 2.61. The summed E-state index contributed by atoms with van der Waals surface area (Å²) in [5.41, 5.74) is 1.33. The molecule has 0 bridgehead atoms. The van der Waals surface area contributed by atoms with Gasteiger partial charge in [0.2, 0.25) is 5.88 Å². The molecule has 6 heteroatoms. The van der Waals surface area contributed by atoms with Crippen LogP contribution < -0.4 is 4.74 Å². The van der Waals surface area contributed by atoms with E-state index in [-0.39, 0.29) is 12.5 Å². The van der Waals surface area contributed by atoms with Gasteiger partial charge in [-0.25, -0.2) is 9.97 Å². The van der Waals surface area contributed by atoms with Crippen molar-refractivity contribution in [2.75, 3.05) is 20.7 Å². The van der Waals surface area contributed by atoms with Crippen LogP contribution in [0, 0.1) is 0 Å². The summed E-state index contributed by atoms with van der Waals surface area (Å²) in [4.78, 5) is 24.2. The van der Waals surface area contributed by atoms with E-state index in [4.69, 9.17) is 4.74 Å². The lowest BCUT2D eigenvalue weighted by atomic mass is 10.1. The third kappa shape index (κ3) is 2.85. The number of rotatable bonds is 3. The fraction of sp³-hybridized carbons (Fsp3) is 0.533. The SMILES string of the molecule is CN(C)C(=O)COc1ncnc2sc3c(c12)CCCCC3. The van der Waals surface area contributed by atoms with Gasteiger partial charge in [-0.3, -0.25) is 4.79 Å². The summed E-state index contributed by atoms with van der Waals surface area (Å²) < 4.78 is 5.67. The number of fused-ring (bicyclic) bond motifs is 3. The summed E-state index contributed by atoms with van der Waals surface area (Å²) >= 11 is 1.74. The number of ether oxygens (including phenoxy) is 1. The summed E-state index contributed by atoms with van der Waals surface area (Å²) in [7, 11) is 3.44. The average Bonchev–Trinajstić information content (AvgIpc) is 2.67. The Kier molecular flexibility index (Phi) is 4.05. The van der Waals surface area contributed by atoms with E-state index in [9.17, 15) is 4.79 Å². The number of nitrogens with zero attached hydrogens (tertiary/aromatic N) is 3. The molecule has 0 N–H and O–H groups in total. The Morgan fingerprint density at radius 2 is 2.10 bits per heavy atom. The van der Waals surface area contributed by atoms with Gasteiger partial charge in [0.1, 0.15) is 11.2 Å². The minimum Gasteiger partial charge on any atom is -0.467 e. The number of aryl methyl sites for hydroxylation is 2. The summed E-state index contributed by atoms with van der Waals surface area (Å²) in [5.74, 6) is 0.484. The van der Waals surface area contributed by atoms with Crippen LogP contribution in [-0.4, -0.2) is 41.5 Å². The molecule has 1 aliphatic carbocycles. The van der Waals surface area contributed by atoms with Crippen molar-refractivity contribution in [1.29, 1.82) is 0 Å². The highest BCUT2D eigenvalue weighted by Crippen LogP contribution is 2.38. The number of carbonyl (C=O) groups excluding carboxylic acids is 1. The highest BCUT2D eigenvalue weighted by molar-refractivity contribution is 7.18. The zero-order chi connectivity index (χ0) is 14.8. The lowest BCUT2D eigenvalue weighted by Gasteiger charge is -2.11. The van der Waals surface area contributed by atoms with E-state index in [0.717, 1.165) is 23.1 Å². The summed E-state index contributed by atoms with van der Waals surface area (Å²) in [6.07, 6.45) is 7.40. The maximum absolute atomic E-state index is 11.7. The van der Waals surface area contributed by atoms with E-state index in [1.807, 2.05) is 0 Å². The minimum absolute atomic E-state index is 0.0176. The van der Waals surface area contributed by atoms with Crippen LogP contribution in [0.25, 0.3) is 10.2 Å². The van der Waals surface area contributed by atoms with Gasteiger partial charge in [0.25, 0.3) is 5.91 Å². The molecular formula is C15H19N3O2S. The molecule has 5 nitrogen and oxygen atoms in total. The molecule has 0 radical (unpaired) electrons. The van der Waals surface area contributed by atoms with Crippen molar-refractivity contribution in [3.8, 4) is 5.88 Å². The van der Waals surface area contributed by atoms with E-state index in [1.54, 1.807) is 25.4 Å². The molecule has 3 rings (SSSR count). The number of hydrogen-bond donors (Lipinski definition) is 0. The van der Waals surface area contributed by atoms with Crippen LogP contribution in [0.4, 0.5) is 0 Å². The molecule has 0 aromatic carbocycles. The Morgan fingerprint density at radius 1 is 1.29 bits per heavy atom. The molecule has 0 saturated carbocycles. The van der Waals surface area contributed by atoms with Gasteiger partial charge in [0.15, 0.2) is 6.61 Å². The Hall–Kier alpha value is -1.69. The fourth-order valence-corrected chi connectivity index (χ4v) is 3.83. The lowest BCUT2D eigenvalue weighted by Crippen LogP contribution is -2.27. The summed E-state index contributed by atoms with van der Waals surface area (Å²) in [6.45, 7) is 0.0176. The van der Waals surface area contributed by atoms with Crippen molar-refractivity contribution in [1.82, 2.24) is 14.9 Å². The molecule has 0 aliphatic heterocycles. The van der Waals surface area contributed by atoms with Gasteiger partial charge in [0, 0.05) is 19.0 Å². The monoisotopic (exact) mass is 305 g/mol. The largest absolute Gasteiger partial charge is 0.467 e. The minimum atomic E-state index is -0.0666. The van der Waals surface area contributed by atoms with Crippen molar-refractivity contribution in [2.24, 2.45) is 0 Å². The zero-order valence-electron chi connectivity index (χ0n) is 12.4. The number of thiophene rings is 1. The second-order valence-electron chi connectivity index (χ2n) is 5.50. The molecule has 0 unspecified atom stereocenters. The zero-order valence-corrected chi connectivity index (χ0v) is 13.2. The molecule has 0 saturated heterocycles. The molecule has 0 fully saturated rings. The van der Waals surface area contributed by atoms with Crippen LogP contribution in [-0.2, 0) is 17.6 Å². The quantitative estimate of drug-likeness (QED) is 0.817. The lowest BCUT2D eigenvalue weighted by molar-refractivity contribution is -0.130. The van der Waals surface area contributed by atoms with Crippen LogP contribution in [0.3, 0.4) is 0 Å². The number of hydrogen-bond acceptors (Lipinski definition) is 5. The maximum atomic E-state index is 11.7. The molecule has 112 valence electrons. The van der Waals surface area contributed by atoms with Crippen LogP contribution in [0.5, 0.6) is 5.88 Å². The summed E-state index contributed by atoms with van der Waals surface area (Å²) in [6, 6.07) is 0. The predicted molar refractivity (Wildman–Crippen MR) is 82.9 cm³/mol. The standard InChI is InChI=1S/C15H19N3O2S/c1-18(2)12(19)8-20-14-13-10-6-4-3-5-7-11(10)21-15(13)17-9-16-14/h9H,3-8H2,1-2H3. The highest BCUT2D eigenvalue weighted by atomic mass is 32.1. The van der Waals surface area contributed by atoms with E-state index in [2.05, 4.69) is 9.97 Å². The van der Waals surface area contributed by atoms with Crippen molar-refractivity contribution in [2.45, 2.75) is 32.1 Å². The average molecular weight is 305 g/mol. The third-order valence-electron chi connectivity index (χ3n) is 3.80. The van der Waals surface area contributed by atoms with Gasteiger partial charge in [-0.15, -0.1) is 11.3 Å². The Bertz CT molecular complexity index is 666. The molecule has 1 aliphatic rings. The van der Waals surface area contributed by atoms with Gasteiger partial charge in [0.05, 0.1) is 5.39 Å². The topological polar surface area (TPSA) is 55.3 Å². The van der Waals surface area contributed by atoms with Gasteiger partial charge in [-0.2, -0.15) is 0 Å². The van der Waals surface area contributed by atoms with Gasteiger partial charge >= 0.3 is 0 Å². The molecular weight excluding hydrogens is 286 g/mol. The molecule has 21 heavy (non-hydrogen) atoms. The van der Waals surface area contributed by atoms with E-state index >= 15 is 0 Å². The normalized spacial score (nSPS) is 14.6. The van der Waals surface area contributed by atoms with Gasteiger partial charge < -0.3 is 9.64 Å². The van der Waals surface area contributed by atoms with Gasteiger partial charge in [-0.05, 0) is 31.2 Å². The van der Waals surface area contributed by atoms with Crippen LogP contribution in [0.2, 0.25) is 0 Å². The first kappa shape index (κ1) is 14.3. The first-order valence-corrected chi connectivity index (χ1v) is 8.06. The molecule has 1 amide bonds. The van der Waals surface area contributed by atoms with Crippen LogP contribution in [0.15, 0.2) is 6.33 Å². The highest BCUT2D eigenvalue weighted by Gasteiger charge is 2.20. The van der Waals surface area contributed by atoms with Crippen molar-refractivity contribution >= 4 is 27.5 Å². The van der Waals surface area contributed by atoms with Gasteiger partial charge in [-0.1, -0.05) is 6.42 Å². The number of likely N-dealkylation sites (N-methyl/N-ethyl adjacent to an activating group) is 1. The van der Waals surface area contributed by atoms with Crippen molar-refractivity contribution < 1.29 is 9.53 Å². The van der Waals surface area contributed by atoms with E-state index < -0.39 is 0 Å². The molecule has 0 atom stereocenters. The molecule has 2 aromatic rings. The first-order valence-electron chi connectivity index (χ1n) is 7.25. The van der Waals surface area contributed by atoms with Crippen molar-refractivity contribution in [3.05, 3.63) is 16.8 Å². The van der Waals surface area contributed by atoms with E-state index in [0.29, 0.717) is 5.88 Å². The first-order chi connectivity index (χ1) is 10.2.